The lowest BCUT2D eigenvalue weighted by Gasteiger charge is -2.13. The molecule has 0 saturated carbocycles. The number of aromatic nitrogens is 1. The molecule has 0 radical (unpaired) electrons. The van der Waals surface area contributed by atoms with Gasteiger partial charge in [-0.25, -0.2) is 4.98 Å². The number of aliphatic hydroxyl groups is 2. The standard InChI is InChI=1S/C24H23ClN2O3/c25-21-7-4-19(5-8-21)20-6-10-22(27-15-20)9-1-18-2-11-24(12-3-18)30-14-13-26-23(16-28)17-29/h2-8,10-12,15,23,26,28-29H,13-14,16-17H2. The van der Waals surface area contributed by atoms with Gasteiger partial charge in [-0.1, -0.05) is 35.7 Å². The molecule has 0 unspecified atom stereocenters. The number of benzene rings is 2. The molecular weight excluding hydrogens is 400 g/mol. The quantitative estimate of drug-likeness (QED) is 0.384. The van der Waals surface area contributed by atoms with Crippen molar-refractivity contribution in [3.8, 4) is 28.7 Å². The number of ether oxygens (including phenoxy) is 1. The van der Waals surface area contributed by atoms with Gasteiger partial charge in [0, 0.05) is 28.9 Å². The normalized spacial score (nSPS) is 10.5. The van der Waals surface area contributed by atoms with Crippen LogP contribution in [0.2, 0.25) is 5.02 Å². The smallest absolute Gasteiger partial charge is 0.119 e. The number of aliphatic hydroxyl groups excluding tert-OH is 2. The van der Waals surface area contributed by atoms with E-state index in [9.17, 15) is 0 Å². The van der Waals surface area contributed by atoms with Gasteiger partial charge in [0.1, 0.15) is 18.1 Å². The molecule has 2 aromatic carbocycles. The molecule has 0 bridgehead atoms. The molecule has 154 valence electrons. The number of hydrogen-bond donors (Lipinski definition) is 3. The number of nitrogens with zero attached hydrogens (tertiary/aromatic N) is 1. The number of halogens is 1. The maximum atomic E-state index is 9.00. The minimum atomic E-state index is -0.319. The summed E-state index contributed by atoms with van der Waals surface area (Å²) in [6, 6.07) is 18.7. The van der Waals surface area contributed by atoms with E-state index in [1.54, 1.807) is 6.20 Å². The summed E-state index contributed by atoms with van der Waals surface area (Å²) in [6.45, 7) is 0.752. The van der Waals surface area contributed by atoms with Crippen LogP contribution in [0.3, 0.4) is 0 Å². The molecule has 5 nitrogen and oxygen atoms in total. The molecule has 3 N–H and O–H groups in total. The Labute approximate surface area is 181 Å². The second kappa shape index (κ2) is 11.3. The van der Waals surface area contributed by atoms with Crippen molar-refractivity contribution in [2.75, 3.05) is 26.4 Å². The van der Waals surface area contributed by atoms with E-state index in [-0.39, 0.29) is 19.3 Å². The molecule has 0 aliphatic carbocycles. The van der Waals surface area contributed by atoms with Crippen molar-refractivity contribution in [3.63, 3.8) is 0 Å². The first-order valence-electron chi connectivity index (χ1n) is 9.60. The van der Waals surface area contributed by atoms with Gasteiger partial charge >= 0.3 is 0 Å². The Bertz CT molecular complexity index is 974. The number of nitrogens with one attached hydrogen (secondary N) is 1. The molecular formula is C24H23ClN2O3. The predicted molar refractivity (Wildman–Crippen MR) is 119 cm³/mol. The van der Waals surface area contributed by atoms with Crippen molar-refractivity contribution in [3.05, 3.63) is 83.1 Å². The van der Waals surface area contributed by atoms with Gasteiger partial charge in [0.05, 0.1) is 19.3 Å². The van der Waals surface area contributed by atoms with Crippen molar-refractivity contribution in [1.29, 1.82) is 0 Å². The Kier molecular flexibility index (Phi) is 8.25. The summed E-state index contributed by atoms with van der Waals surface area (Å²) >= 11 is 5.93. The molecule has 0 spiro atoms. The lowest BCUT2D eigenvalue weighted by Crippen LogP contribution is -2.38. The van der Waals surface area contributed by atoms with Crippen LogP contribution in [0, 0.1) is 11.8 Å². The van der Waals surface area contributed by atoms with Gasteiger partial charge in [0.2, 0.25) is 0 Å². The summed E-state index contributed by atoms with van der Waals surface area (Å²) in [5.41, 5.74) is 3.63. The summed E-state index contributed by atoms with van der Waals surface area (Å²) < 4.78 is 5.63. The fourth-order valence-electron chi connectivity index (χ4n) is 2.67. The highest BCUT2D eigenvalue weighted by molar-refractivity contribution is 6.30. The molecule has 0 aliphatic rings. The van der Waals surface area contributed by atoms with E-state index < -0.39 is 0 Å². The Morgan fingerprint density at radius 2 is 1.60 bits per heavy atom. The Balaban J connectivity index is 1.53. The molecule has 3 rings (SSSR count). The van der Waals surface area contributed by atoms with Gasteiger partial charge in [-0.15, -0.1) is 0 Å². The van der Waals surface area contributed by atoms with Crippen molar-refractivity contribution >= 4 is 11.6 Å². The molecule has 1 heterocycles. The van der Waals surface area contributed by atoms with Gasteiger partial charge < -0.3 is 20.3 Å². The van der Waals surface area contributed by atoms with Gasteiger partial charge in [-0.05, 0) is 53.9 Å². The van der Waals surface area contributed by atoms with Crippen LogP contribution in [0.25, 0.3) is 11.1 Å². The zero-order chi connectivity index (χ0) is 21.2. The fraction of sp³-hybridized carbons (Fsp3) is 0.208. The highest BCUT2D eigenvalue weighted by Gasteiger charge is 2.03. The first-order chi connectivity index (χ1) is 14.7. The highest BCUT2D eigenvalue weighted by Crippen LogP contribution is 2.20. The van der Waals surface area contributed by atoms with Crippen LogP contribution < -0.4 is 10.1 Å². The summed E-state index contributed by atoms with van der Waals surface area (Å²) in [7, 11) is 0. The largest absolute Gasteiger partial charge is 0.492 e. The maximum absolute atomic E-state index is 9.00. The van der Waals surface area contributed by atoms with Gasteiger partial charge in [-0.3, -0.25) is 0 Å². The van der Waals surface area contributed by atoms with Gasteiger partial charge in [-0.2, -0.15) is 0 Å². The second-order valence-corrected chi connectivity index (χ2v) is 7.01. The molecule has 1 aromatic heterocycles. The third-order valence-corrected chi connectivity index (χ3v) is 4.63. The summed E-state index contributed by atoms with van der Waals surface area (Å²) in [5.74, 6) is 6.90. The van der Waals surface area contributed by atoms with E-state index in [2.05, 4.69) is 22.1 Å². The van der Waals surface area contributed by atoms with Crippen LogP contribution in [0.1, 0.15) is 11.3 Å². The van der Waals surface area contributed by atoms with Gasteiger partial charge in [0.25, 0.3) is 0 Å². The van der Waals surface area contributed by atoms with Crippen LogP contribution in [0.15, 0.2) is 66.9 Å². The Hall–Kier alpha value is -2.88. The molecule has 0 aliphatic heterocycles. The SMILES string of the molecule is OCC(CO)NCCOc1ccc(C#Cc2ccc(-c3ccc(Cl)cc3)cn2)cc1. The van der Waals surface area contributed by atoms with Crippen LogP contribution in [0.5, 0.6) is 5.75 Å². The zero-order valence-corrected chi connectivity index (χ0v) is 17.1. The molecule has 30 heavy (non-hydrogen) atoms. The van der Waals surface area contributed by atoms with E-state index >= 15 is 0 Å². The van der Waals surface area contributed by atoms with E-state index in [1.165, 1.54) is 0 Å². The average Bonchev–Trinajstić information content (AvgIpc) is 2.79. The van der Waals surface area contributed by atoms with Crippen molar-refractivity contribution in [2.24, 2.45) is 0 Å². The Morgan fingerprint density at radius 1 is 0.900 bits per heavy atom. The van der Waals surface area contributed by atoms with Crippen LogP contribution in [-0.4, -0.2) is 47.6 Å². The minimum absolute atomic E-state index is 0.109. The minimum Gasteiger partial charge on any atom is -0.492 e. The first kappa shape index (κ1) is 21.8. The van der Waals surface area contributed by atoms with E-state index in [0.29, 0.717) is 23.9 Å². The van der Waals surface area contributed by atoms with Crippen LogP contribution >= 0.6 is 11.6 Å². The average molecular weight is 423 g/mol. The second-order valence-electron chi connectivity index (χ2n) is 6.58. The molecule has 0 fully saturated rings. The molecule has 0 atom stereocenters. The van der Waals surface area contributed by atoms with Crippen LogP contribution in [-0.2, 0) is 0 Å². The Morgan fingerprint density at radius 3 is 2.23 bits per heavy atom. The monoisotopic (exact) mass is 422 g/mol. The van der Waals surface area contributed by atoms with Crippen molar-refractivity contribution in [1.82, 2.24) is 10.3 Å². The van der Waals surface area contributed by atoms with Crippen molar-refractivity contribution in [2.45, 2.75) is 6.04 Å². The molecule has 0 amide bonds. The highest BCUT2D eigenvalue weighted by atomic mass is 35.5. The topological polar surface area (TPSA) is 74.6 Å². The third-order valence-electron chi connectivity index (χ3n) is 4.37. The van der Waals surface area contributed by atoms with Crippen molar-refractivity contribution < 1.29 is 14.9 Å². The molecule has 6 heteroatoms. The van der Waals surface area contributed by atoms with E-state index in [1.807, 2.05) is 60.7 Å². The third kappa shape index (κ3) is 6.58. The summed E-state index contributed by atoms with van der Waals surface area (Å²) in [6.07, 6.45) is 1.80. The summed E-state index contributed by atoms with van der Waals surface area (Å²) in [4.78, 5) is 4.41. The fourth-order valence-corrected chi connectivity index (χ4v) is 2.80. The lowest BCUT2D eigenvalue weighted by molar-refractivity contribution is 0.166. The van der Waals surface area contributed by atoms with Crippen LogP contribution in [0.4, 0.5) is 0 Å². The first-order valence-corrected chi connectivity index (χ1v) is 9.97. The number of hydrogen-bond acceptors (Lipinski definition) is 5. The number of rotatable bonds is 8. The van der Waals surface area contributed by atoms with Gasteiger partial charge in [0.15, 0.2) is 0 Å². The lowest BCUT2D eigenvalue weighted by atomic mass is 10.1. The number of pyridine rings is 1. The van der Waals surface area contributed by atoms with E-state index in [0.717, 1.165) is 22.4 Å². The zero-order valence-electron chi connectivity index (χ0n) is 16.4. The molecule has 0 saturated heterocycles. The summed E-state index contributed by atoms with van der Waals surface area (Å²) in [5, 5.41) is 21.7. The maximum Gasteiger partial charge on any atom is 0.119 e. The van der Waals surface area contributed by atoms with E-state index in [4.69, 9.17) is 26.6 Å². The predicted octanol–water partition coefficient (Wildman–Crippen LogP) is 3.12. The molecule has 3 aromatic rings.